The lowest BCUT2D eigenvalue weighted by molar-refractivity contribution is 1.02. The van der Waals surface area contributed by atoms with E-state index in [-0.39, 0.29) is 5.28 Å². The number of fused-ring (bicyclic) bond motifs is 1. The molecule has 0 spiro atoms. The second kappa shape index (κ2) is 5.32. The molecule has 3 aromatic rings. The van der Waals surface area contributed by atoms with Crippen molar-refractivity contribution in [2.24, 2.45) is 0 Å². The SMILES string of the molecule is Clc1nc(NCCc2ccc(Cl)s2)c2[nH]cnc2n1. The van der Waals surface area contributed by atoms with Gasteiger partial charge in [0.2, 0.25) is 5.28 Å². The molecule has 0 amide bonds. The van der Waals surface area contributed by atoms with Crippen molar-refractivity contribution in [3.05, 3.63) is 33.0 Å². The van der Waals surface area contributed by atoms with E-state index in [1.165, 1.54) is 4.88 Å². The van der Waals surface area contributed by atoms with Crippen LogP contribution in [0.3, 0.4) is 0 Å². The Hall–Kier alpha value is -1.37. The Morgan fingerprint density at radius 2 is 2.16 bits per heavy atom. The summed E-state index contributed by atoms with van der Waals surface area (Å²) in [5, 5.41) is 3.41. The number of aromatic amines is 1. The van der Waals surface area contributed by atoms with Gasteiger partial charge in [0, 0.05) is 11.4 Å². The molecule has 0 aliphatic carbocycles. The molecule has 19 heavy (non-hydrogen) atoms. The predicted octanol–water partition coefficient (Wildman–Crippen LogP) is 3.38. The number of thiophene rings is 1. The maximum Gasteiger partial charge on any atom is 0.226 e. The minimum absolute atomic E-state index is 0.182. The average molecular weight is 314 g/mol. The van der Waals surface area contributed by atoms with Crippen LogP contribution in [-0.2, 0) is 6.42 Å². The number of rotatable bonds is 4. The standard InChI is InChI=1S/C11H9Cl2N5S/c12-7-2-1-6(19-7)3-4-14-9-8-10(16-5-15-8)18-11(13)17-9/h1-2,5H,3-4H2,(H2,14,15,16,17,18). The molecule has 8 heteroatoms. The summed E-state index contributed by atoms with van der Waals surface area (Å²) in [6, 6.07) is 3.92. The number of anilines is 1. The molecule has 0 atom stereocenters. The van der Waals surface area contributed by atoms with Crippen molar-refractivity contribution in [2.75, 3.05) is 11.9 Å². The molecular weight excluding hydrogens is 305 g/mol. The molecule has 98 valence electrons. The third-order valence-electron chi connectivity index (χ3n) is 2.55. The Kier molecular flexibility index (Phi) is 3.54. The Bertz CT molecular complexity index is 708. The summed E-state index contributed by atoms with van der Waals surface area (Å²) in [7, 11) is 0. The monoisotopic (exact) mass is 313 g/mol. The number of nitrogens with one attached hydrogen (secondary N) is 2. The molecule has 0 fully saturated rings. The molecule has 0 radical (unpaired) electrons. The highest BCUT2D eigenvalue weighted by Gasteiger charge is 2.08. The zero-order chi connectivity index (χ0) is 13.2. The first-order valence-electron chi connectivity index (χ1n) is 5.57. The molecule has 0 aliphatic rings. The van der Waals surface area contributed by atoms with Crippen molar-refractivity contribution < 1.29 is 0 Å². The van der Waals surface area contributed by atoms with E-state index in [1.807, 2.05) is 12.1 Å². The Labute approximate surface area is 123 Å². The van der Waals surface area contributed by atoms with Crippen LogP contribution in [0.1, 0.15) is 4.88 Å². The molecule has 0 saturated heterocycles. The molecule has 0 unspecified atom stereocenters. The van der Waals surface area contributed by atoms with Crippen LogP contribution in [0, 0.1) is 0 Å². The first-order valence-corrected chi connectivity index (χ1v) is 7.14. The van der Waals surface area contributed by atoms with Gasteiger partial charge >= 0.3 is 0 Å². The predicted molar refractivity (Wildman–Crippen MR) is 78.2 cm³/mol. The van der Waals surface area contributed by atoms with Crippen LogP contribution in [-0.4, -0.2) is 26.5 Å². The summed E-state index contributed by atoms with van der Waals surface area (Å²) in [6.45, 7) is 0.734. The molecule has 0 aromatic carbocycles. The van der Waals surface area contributed by atoms with Crippen molar-refractivity contribution in [1.29, 1.82) is 0 Å². The number of H-pyrrole nitrogens is 1. The third kappa shape index (κ3) is 2.80. The lowest BCUT2D eigenvalue weighted by Crippen LogP contribution is -2.06. The van der Waals surface area contributed by atoms with Crippen molar-refractivity contribution in [2.45, 2.75) is 6.42 Å². The first-order chi connectivity index (χ1) is 9.22. The Morgan fingerprint density at radius 3 is 2.95 bits per heavy atom. The Morgan fingerprint density at radius 1 is 1.26 bits per heavy atom. The van der Waals surface area contributed by atoms with E-state index in [0.717, 1.165) is 22.8 Å². The molecule has 0 aliphatic heterocycles. The highest BCUT2D eigenvalue weighted by Crippen LogP contribution is 2.22. The van der Waals surface area contributed by atoms with Crippen LogP contribution < -0.4 is 5.32 Å². The summed E-state index contributed by atoms with van der Waals surface area (Å²) in [5.74, 6) is 0.662. The van der Waals surface area contributed by atoms with Gasteiger partial charge in [-0.3, -0.25) is 0 Å². The molecule has 3 aromatic heterocycles. The van der Waals surface area contributed by atoms with E-state index in [1.54, 1.807) is 17.7 Å². The minimum atomic E-state index is 0.182. The Balaban J connectivity index is 1.73. The molecular formula is C11H9Cl2N5S. The van der Waals surface area contributed by atoms with Gasteiger partial charge in [-0.05, 0) is 30.2 Å². The zero-order valence-electron chi connectivity index (χ0n) is 9.65. The maximum atomic E-state index is 5.89. The van der Waals surface area contributed by atoms with Crippen LogP contribution in [0.15, 0.2) is 18.5 Å². The van der Waals surface area contributed by atoms with E-state index >= 15 is 0 Å². The van der Waals surface area contributed by atoms with Gasteiger partial charge in [-0.15, -0.1) is 11.3 Å². The van der Waals surface area contributed by atoms with Crippen molar-refractivity contribution in [1.82, 2.24) is 19.9 Å². The number of imidazole rings is 1. The summed E-state index contributed by atoms with van der Waals surface area (Å²) in [5.41, 5.74) is 1.32. The second-order valence-corrected chi connectivity index (χ2v) is 5.96. The van der Waals surface area contributed by atoms with Gasteiger partial charge in [-0.2, -0.15) is 9.97 Å². The van der Waals surface area contributed by atoms with Gasteiger partial charge < -0.3 is 10.3 Å². The molecule has 0 saturated carbocycles. The molecule has 2 N–H and O–H groups in total. The second-order valence-electron chi connectivity index (χ2n) is 3.82. The molecule has 0 bridgehead atoms. The molecule has 3 heterocycles. The van der Waals surface area contributed by atoms with Crippen LogP contribution >= 0.6 is 34.5 Å². The summed E-state index contributed by atoms with van der Waals surface area (Å²) >= 11 is 13.3. The number of aromatic nitrogens is 4. The fraction of sp³-hybridized carbons (Fsp3) is 0.182. The summed E-state index contributed by atoms with van der Waals surface area (Å²) in [6.07, 6.45) is 2.44. The lowest BCUT2D eigenvalue weighted by Gasteiger charge is -2.05. The normalized spacial score (nSPS) is 11.1. The van der Waals surface area contributed by atoms with Crippen LogP contribution in [0.25, 0.3) is 11.2 Å². The summed E-state index contributed by atoms with van der Waals surface area (Å²) in [4.78, 5) is 16.5. The zero-order valence-corrected chi connectivity index (χ0v) is 12.0. The van der Waals surface area contributed by atoms with Gasteiger partial charge in [0.15, 0.2) is 11.5 Å². The van der Waals surface area contributed by atoms with Crippen LogP contribution in [0.5, 0.6) is 0 Å². The molecule has 5 nitrogen and oxygen atoms in total. The van der Waals surface area contributed by atoms with Crippen molar-refractivity contribution in [3.63, 3.8) is 0 Å². The number of nitrogens with zero attached hydrogens (tertiary/aromatic N) is 3. The quantitative estimate of drug-likeness (QED) is 0.725. The van der Waals surface area contributed by atoms with Gasteiger partial charge in [0.05, 0.1) is 10.7 Å². The first kappa shape index (κ1) is 12.7. The van der Waals surface area contributed by atoms with Gasteiger partial charge in [0.25, 0.3) is 0 Å². The maximum absolute atomic E-state index is 5.89. The minimum Gasteiger partial charge on any atom is -0.368 e. The van der Waals surface area contributed by atoms with E-state index in [4.69, 9.17) is 23.2 Å². The van der Waals surface area contributed by atoms with Crippen molar-refractivity contribution >= 4 is 51.5 Å². The van der Waals surface area contributed by atoms with E-state index < -0.39 is 0 Å². The smallest absolute Gasteiger partial charge is 0.226 e. The van der Waals surface area contributed by atoms with E-state index in [2.05, 4.69) is 25.3 Å². The van der Waals surface area contributed by atoms with Gasteiger partial charge in [0.1, 0.15) is 5.52 Å². The highest BCUT2D eigenvalue weighted by molar-refractivity contribution is 7.16. The van der Waals surface area contributed by atoms with E-state index in [0.29, 0.717) is 11.5 Å². The third-order valence-corrected chi connectivity index (χ3v) is 4.01. The number of hydrogen-bond donors (Lipinski definition) is 2. The largest absolute Gasteiger partial charge is 0.368 e. The van der Waals surface area contributed by atoms with Crippen LogP contribution in [0.2, 0.25) is 9.62 Å². The highest BCUT2D eigenvalue weighted by atomic mass is 35.5. The number of hydrogen-bond acceptors (Lipinski definition) is 5. The van der Waals surface area contributed by atoms with Gasteiger partial charge in [-0.25, -0.2) is 4.98 Å². The fourth-order valence-electron chi connectivity index (χ4n) is 1.72. The average Bonchev–Trinajstić information content (AvgIpc) is 2.98. The fourth-order valence-corrected chi connectivity index (χ4v) is 2.98. The topological polar surface area (TPSA) is 66.5 Å². The van der Waals surface area contributed by atoms with Gasteiger partial charge in [-0.1, -0.05) is 11.6 Å². The summed E-state index contributed by atoms with van der Waals surface area (Å²) < 4.78 is 0.802. The molecule has 3 rings (SSSR count). The van der Waals surface area contributed by atoms with Crippen LogP contribution in [0.4, 0.5) is 5.82 Å². The lowest BCUT2D eigenvalue weighted by atomic mass is 10.3. The van der Waals surface area contributed by atoms with E-state index in [9.17, 15) is 0 Å². The van der Waals surface area contributed by atoms with Crippen molar-refractivity contribution in [3.8, 4) is 0 Å². The number of halogens is 2.